The van der Waals surface area contributed by atoms with Crippen molar-refractivity contribution in [3.05, 3.63) is 77.6 Å². The number of nitrogens with zero attached hydrogens (tertiary/aromatic N) is 4. The molecule has 0 unspecified atom stereocenters. The maximum atomic E-state index is 6.20. The molecule has 4 aromatic rings. The maximum absolute atomic E-state index is 6.20. The van der Waals surface area contributed by atoms with Crippen molar-refractivity contribution < 1.29 is 9.15 Å². The van der Waals surface area contributed by atoms with E-state index in [1.807, 2.05) is 43.3 Å². The molecule has 0 radical (unpaired) electrons. The molecule has 0 spiro atoms. The molecule has 0 aliphatic heterocycles. The number of nitrogen functional groups attached to an aromatic ring is 1. The highest BCUT2D eigenvalue weighted by molar-refractivity contribution is 7.98. The van der Waals surface area contributed by atoms with Crippen LogP contribution in [0.25, 0.3) is 11.3 Å². The molecule has 2 aromatic carbocycles. The Kier molecular flexibility index (Phi) is 6.27. The van der Waals surface area contributed by atoms with Gasteiger partial charge in [-0.15, -0.1) is 10.2 Å². The van der Waals surface area contributed by atoms with Crippen LogP contribution in [0, 0.1) is 6.92 Å². The molecule has 0 aliphatic carbocycles. The second-order valence-corrected chi connectivity index (χ2v) is 8.47. The third-order valence-corrected chi connectivity index (χ3v) is 5.75. The van der Waals surface area contributed by atoms with Crippen molar-refractivity contribution in [3.8, 4) is 17.1 Å². The zero-order chi connectivity index (χ0) is 21.8. The molecule has 160 valence electrons. The highest BCUT2D eigenvalue weighted by Gasteiger charge is 2.15. The van der Waals surface area contributed by atoms with E-state index < -0.39 is 0 Å². The minimum Gasteiger partial charge on any atom is -0.485 e. The van der Waals surface area contributed by atoms with E-state index in [0.717, 1.165) is 28.2 Å². The molecule has 0 fully saturated rings. The number of hydrogen-bond donors (Lipinski definition) is 1. The van der Waals surface area contributed by atoms with Crippen LogP contribution in [0.2, 0.25) is 0 Å². The van der Waals surface area contributed by atoms with Gasteiger partial charge in [-0.25, -0.2) is 9.66 Å². The molecule has 0 saturated heterocycles. The zero-order valence-electron chi connectivity index (χ0n) is 17.8. The van der Waals surface area contributed by atoms with Crippen LogP contribution in [-0.2, 0) is 12.4 Å². The first-order chi connectivity index (χ1) is 15.0. The Labute approximate surface area is 185 Å². The number of hydrogen-bond acceptors (Lipinski definition) is 7. The lowest BCUT2D eigenvalue weighted by molar-refractivity contribution is 0.287. The summed E-state index contributed by atoms with van der Waals surface area (Å²) in [5, 5.41) is 8.94. The van der Waals surface area contributed by atoms with Gasteiger partial charge in [0.15, 0.2) is 11.6 Å². The molecule has 0 saturated carbocycles. The standard InChI is InChI=1S/C23H25N5O2S/c1-15(2)18-10-9-16(3)11-19(18)29-13-21-26-27-23(28(21)24)31-14-22-25-12-20(30-22)17-7-5-4-6-8-17/h4-12,15H,13-14,24H2,1-3H3. The third kappa shape index (κ3) is 4.91. The lowest BCUT2D eigenvalue weighted by Crippen LogP contribution is -2.16. The molecule has 2 heterocycles. The average molecular weight is 436 g/mol. The number of aryl methyl sites for hydroxylation is 1. The van der Waals surface area contributed by atoms with Gasteiger partial charge in [-0.1, -0.05) is 68.1 Å². The molecule has 8 heteroatoms. The molecule has 0 aliphatic rings. The maximum Gasteiger partial charge on any atom is 0.210 e. The molecule has 0 bridgehead atoms. The van der Waals surface area contributed by atoms with Crippen molar-refractivity contribution in [3.63, 3.8) is 0 Å². The van der Waals surface area contributed by atoms with E-state index in [4.69, 9.17) is 15.0 Å². The van der Waals surface area contributed by atoms with Crippen LogP contribution in [0.1, 0.15) is 42.6 Å². The van der Waals surface area contributed by atoms with Gasteiger partial charge in [0, 0.05) is 5.56 Å². The first kappa shape index (κ1) is 21.0. The van der Waals surface area contributed by atoms with E-state index in [0.29, 0.717) is 28.5 Å². The van der Waals surface area contributed by atoms with E-state index >= 15 is 0 Å². The molecule has 0 amide bonds. The SMILES string of the molecule is Cc1ccc(C(C)C)c(OCc2nnc(SCc3ncc(-c4ccccc4)o3)n2N)c1. The molecule has 4 rings (SSSR count). The number of ether oxygens (including phenoxy) is 1. The molecule has 0 atom stereocenters. The Hall–Kier alpha value is -3.26. The van der Waals surface area contributed by atoms with Gasteiger partial charge in [-0.3, -0.25) is 0 Å². The summed E-state index contributed by atoms with van der Waals surface area (Å²) in [6.07, 6.45) is 1.73. The van der Waals surface area contributed by atoms with Gasteiger partial charge >= 0.3 is 0 Å². The lowest BCUT2D eigenvalue weighted by Gasteiger charge is -2.14. The van der Waals surface area contributed by atoms with E-state index in [-0.39, 0.29) is 6.61 Å². The second kappa shape index (κ2) is 9.26. The zero-order valence-corrected chi connectivity index (χ0v) is 18.6. The largest absolute Gasteiger partial charge is 0.485 e. The highest BCUT2D eigenvalue weighted by atomic mass is 32.2. The quantitative estimate of drug-likeness (QED) is 0.309. The first-order valence-corrected chi connectivity index (χ1v) is 11.1. The summed E-state index contributed by atoms with van der Waals surface area (Å²) >= 11 is 1.41. The van der Waals surface area contributed by atoms with E-state index in [9.17, 15) is 0 Å². The van der Waals surface area contributed by atoms with E-state index in [1.165, 1.54) is 16.4 Å². The number of benzene rings is 2. The van der Waals surface area contributed by atoms with Crippen LogP contribution in [0.15, 0.2) is 64.3 Å². The molecule has 2 N–H and O–H groups in total. The highest BCUT2D eigenvalue weighted by Crippen LogP contribution is 2.29. The summed E-state index contributed by atoms with van der Waals surface area (Å²) in [4.78, 5) is 4.34. The smallest absolute Gasteiger partial charge is 0.210 e. The molecular weight excluding hydrogens is 410 g/mol. The summed E-state index contributed by atoms with van der Waals surface area (Å²) in [6.45, 7) is 6.57. The number of nitrogens with two attached hydrogens (primary N) is 1. The van der Waals surface area contributed by atoms with Crippen molar-refractivity contribution in [2.45, 2.75) is 44.2 Å². The van der Waals surface area contributed by atoms with E-state index in [2.05, 4.69) is 41.2 Å². The summed E-state index contributed by atoms with van der Waals surface area (Å²) in [5.41, 5.74) is 3.29. The summed E-state index contributed by atoms with van der Waals surface area (Å²) in [6, 6.07) is 16.1. The Bertz CT molecular complexity index is 1150. The molecule has 2 aromatic heterocycles. The van der Waals surface area contributed by atoms with Crippen molar-refractivity contribution >= 4 is 11.8 Å². The van der Waals surface area contributed by atoms with Crippen LogP contribution in [0.4, 0.5) is 0 Å². The number of rotatable bonds is 8. The number of oxazole rings is 1. The van der Waals surface area contributed by atoms with Crippen LogP contribution in [0.5, 0.6) is 5.75 Å². The van der Waals surface area contributed by atoms with Gasteiger partial charge in [0.1, 0.15) is 12.4 Å². The monoisotopic (exact) mass is 435 g/mol. The van der Waals surface area contributed by atoms with Gasteiger partial charge in [0.05, 0.1) is 11.9 Å². The Morgan fingerprint density at radius 2 is 1.94 bits per heavy atom. The molecule has 31 heavy (non-hydrogen) atoms. The first-order valence-electron chi connectivity index (χ1n) is 10.1. The summed E-state index contributed by atoms with van der Waals surface area (Å²) in [7, 11) is 0. The Balaban J connectivity index is 1.39. The predicted molar refractivity (Wildman–Crippen MR) is 121 cm³/mol. The van der Waals surface area contributed by atoms with Crippen LogP contribution in [0.3, 0.4) is 0 Å². The van der Waals surface area contributed by atoms with Gasteiger partial charge in [-0.2, -0.15) is 0 Å². The molecular formula is C23H25N5O2S. The van der Waals surface area contributed by atoms with Crippen LogP contribution in [-0.4, -0.2) is 19.9 Å². The topological polar surface area (TPSA) is 92.0 Å². The van der Waals surface area contributed by atoms with Crippen LogP contribution < -0.4 is 10.6 Å². The Morgan fingerprint density at radius 1 is 1.13 bits per heavy atom. The van der Waals surface area contributed by atoms with Gasteiger partial charge in [-0.05, 0) is 30.0 Å². The minimum absolute atomic E-state index is 0.240. The van der Waals surface area contributed by atoms with E-state index in [1.54, 1.807) is 6.20 Å². The fourth-order valence-corrected chi connectivity index (χ4v) is 3.86. The van der Waals surface area contributed by atoms with Crippen molar-refractivity contribution in [1.29, 1.82) is 0 Å². The lowest BCUT2D eigenvalue weighted by atomic mass is 10.0. The fraction of sp³-hybridized carbons (Fsp3) is 0.261. The summed E-state index contributed by atoms with van der Waals surface area (Å²) in [5.74, 6) is 9.79. The number of aromatic nitrogens is 4. The van der Waals surface area contributed by atoms with Gasteiger partial charge in [0.25, 0.3) is 0 Å². The average Bonchev–Trinajstić information content (AvgIpc) is 3.38. The fourth-order valence-electron chi connectivity index (χ4n) is 3.13. The molecule has 7 nitrogen and oxygen atoms in total. The van der Waals surface area contributed by atoms with Gasteiger partial charge < -0.3 is 15.0 Å². The Morgan fingerprint density at radius 3 is 2.71 bits per heavy atom. The minimum atomic E-state index is 0.240. The van der Waals surface area contributed by atoms with Crippen molar-refractivity contribution in [2.75, 3.05) is 5.84 Å². The number of thioether (sulfide) groups is 1. The van der Waals surface area contributed by atoms with Crippen molar-refractivity contribution in [2.24, 2.45) is 0 Å². The third-order valence-electron chi connectivity index (χ3n) is 4.82. The van der Waals surface area contributed by atoms with Gasteiger partial charge in [0.2, 0.25) is 11.0 Å². The van der Waals surface area contributed by atoms with Crippen molar-refractivity contribution in [1.82, 2.24) is 19.9 Å². The summed E-state index contributed by atoms with van der Waals surface area (Å²) < 4.78 is 13.3. The predicted octanol–water partition coefficient (Wildman–Crippen LogP) is 4.95. The normalized spacial score (nSPS) is 11.2. The second-order valence-electron chi connectivity index (χ2n) is 7.53. The van der Waals surface area contributed by atoms with Crippen LogP contribution >= 0.6 is 11.8 Å².